The van der Waals surface area contributed by atoms with Gasteiger partial charge < -0.3 is 14.6 Å². The number of hydrogen-bond acceptors (Lipinski definition) is 8. The number of nitro groups is 2. The molecule has 12 heteroatoms. The Morgan fingerprint density at radius 1 is 1.16 bits per heavy atom. The van der Waals surface area contributed by atoms with Crippen molar-refractivity contribution in [3.63, 3.8) is 0 Å². The van der Waals surface area contributed by atoms with E-state index < -0.39 is 32.9 Å². The van der Waals surface area contributed by atoms with Crippen molar-refractivity contribution in [3.05, 3.63) is 85.0 Å². The summed E-state index contributed by atoms with van der Waals surface area (Å²) in [4.78, 5) is 33.5. The summed E-state index contributed by atoms with van der Waals surface area (Å²) in [6, 6.07) is 7.40. The van der Waals surface area contributed by atoms with Gasteiger partial charge in [0.2, 0.25) is 0 Å². The summed E-state index contributed by atoms with van der Waals surface area (Å²) in [6.07, 6.45) is 0. The van der Waals surface area contributed by atoms with Crippen molar-refractivity contribution in [2.24, 2.45) is 0 Å². The van der Waals surface area contributed by atoms with E-state index in [0.29, 0.717) is 0 Å². The van der Waals surface area contributed by atoms with Gasteiger partial charge in [-0.1, -0.05) is 11.2 Å². The summed E-state index contributed by atoms with van der Waals surface area (Å²) in [7, 11) is 0. The molecule has 0 aliphatic carbocycles. The van der Waals surface area contributed by atoms with E-state index >= 15 is 0 Å². The van der Waals surface area contributed by atoms with E-state index in [9.17, 15) is 29.4 Å². The smallest absolute Gasteiger partial charge is 0.281 e. The average Bonchev–Trinajstić information content (AvgIpc) is 3.07. The summed E-state index contributed by atoms with van der Waals surface area (Å²) < 4.78 is 23.8. The molecule has 1 amide bonds. The van der Waals surface area contributed by atoms with Crippen LogP contribution in [0.2, 0.25) is 0 Å². The second-order valence-electron chi connectivity index (χ2n) is 6.42. The highest BCUT2D eigenvalue weighted by Gasteiger charge is 2.26. The van der Waals surface area contributed by atoms with Gasteiger partial charge in [0, 0.05) is 18.2 Å². The summed E-state index contributed by atoms with van der Waals surface area (Å²) in [5.74, 6) is -0.832. The van der Waals surface area contributed by atoms with Crippen molar-refractivity contribution in [3.8, 4) is 5.75 Å². The molecule has 3 rings (SSSR count). The Bertz CT molecular complexity index is 1160. The number of anilines is 1. The van der Waals surface area contributed by atoms with E-state index in [4.69, 9.17) is 9.26 Å². The number of carbonyl (C=O) groups is 1. The molecule has 0 saturated carbocycles. The van der Waals surface area contributed by atoms with E-state index in [1.807, 2.05) is 0 Å². The van der Waals surface area contributed by atoms with Crippen LogP contribution in [0.5, 0.6) is 5.75 Å². The minimum atomic E-state index is -0.817. The largest absolute Gasteiger partial charge is 0.489 e. The topological polar surface area (TPSA) is 151 Å². The summed E-state index contributed by atoms with van der Waals surface area (Å²) in [5.41, 5.74) is -1.26. The number of ether oxygens (including phenoxy) is 1. The van der Waals surface area contributed by atoms with Crippen LogP contribution >= 0.6 is 0 Å². The van der Waals surface area contributed by atoms with Gasteiger partial charge in [0.1, 0.15) is 29.5 Å². The predicted octanol–water partition coefficient (Wildman–Crippen LogP) is 4.08. The average molecular weight is 430 g/mol. The Balaban J connectivity index is 1.86. The second kappa shape index (κ2) is 8.57. The molecule has 11 nitrogen and oxygen atoms in total. The third kappa shape index (κ3) is 4.63. The van der Waals surface area contributed by atoms with Crippen molar-refractivity contribution in [2.45, 2.75) is 20.5 Å². The van der Waals surface area contributed by atoms with E-state index in [1.165, 1.54) is 32.0 Å². The minimum absolute atomic E-state index is 0.144. The zero-order valence-electron chi connectivity index (χ0n) is 16.2. The molecule has 1 N–H and O–H groups in total. The van der Waals surface area contributed by atoms with E-state index in [-0.39, 0.29) is 40.6 Å². The molecule has 31 heavy (non-hydrogen) atoms. The fourth-order valence-electron chi connectivity index (χ4n) is 2.78. The number of nitrogens with zero attached hydrogens (tertiary/aromatic N) is 3. The monoisotopic (exact) mass is 430 g/mol. The molecule has 0 spiro atoms. The Kier molecular flexibility index (Phi) is 5.90. The third-order valence-electron chi connectivity index (χ3n) is 4.38. The maximum absolute atomic E-state index is 13.3. The van der Waals surface area contributed by atoms with Gasteiger partial charge in [0.05, 0.1) is 21.1 Å². The number of nitrogens with one attached hydrogen (secondary N) is 1. The Morgan fingerprint density at radius 3 is 2.39 bits per heavy atom. The third-order valence-corrected chi connectivity index (χ3v) is 4.38. The number of nitro benzene ring substituents is 2. The van der Waals surface area contributed by atoms with Gasteiger partial charge in [-0.25, -0.2) is 4.39 Å². The zero-order chi connectivity index (χ0) is 22.7. The summed E-state index contributed by atoms with van der Waals surface area (Å²) >= 11 is 0. The standard InChI is InChI=1S/C19H15FN4O7/c1-10-16(23(26)27)7-13(8-17(10)24(28)29)21-19(25)18-15(11(2)31-22-18)9-30-14-5-3-4-12(20)6-14/h3-8H,9H2,1-2H3,(H,21,25). The second-order valence-corrected chi connectivity index (χ2v) is 6.42. The van der Waals surface area contributed by atoms with Gasteiger partial charge in [-0.2, -0.15) is 0 Å². The maximum atomic E-state index is 13.3. The predicted molar refractivity (Wildman–Crippen MR) is 104 cm³/mol. The molecule has 0 unspecified atom stereocenters. The number of amides is 1. The molecule has 1 heterocycles. The highest BCUT2D eigenvalue weighted by molar-refractivity contribution is 6.04. The first-order valence-corrected chi connectivity index (χ1v) is 8.75. The summed E-state index contributed by atoms with van der Waals surface area (Å²) in [5, 5.41) is 28.4. The fraction of sp³-hybridized carbons (Fsp3) is 0.158. The van der Waals surface area contributed by atoms with E-state index in [2.05, 4.69) is 10.5 Å². The molecule has 0 saturated heterocycles. The molecule has 0 aliphatic rings. The maximum Gasteiger partial charge on any atom is 0.281 e. The minimum Gasteiger partial charge on any atom is -0.489 e. The van der Waals surface area contributed by atoms with E-state index in [1.54, 1.807) is 0 Å². The lowest BCUT2D eigenvalue weighted by Gasteiger charge is -2.08. The van der Waals surface area contributed by atoms with Crippen molar-refractivity contribution in [1.82, 2.24) is 5.16 Å². The van der Waals surface area contributed by atoms with Crippen LogP contribution in [0.15, 0.2) is 40.9 Å². The molecule has 160 valence electrons. The van der Waals surface area contributed by atoms with Gasteiger partial charge in [-0.05, 0) is 26.0 Å². The quantitative estimate of drug-likeness (QED) is 0.435. The van der Waals surface area contributed by atoms with Crippen molar-refractivity contribution in [2.75, 3.05) is 5.32 Å². The molecule has 0 atom stereocenters. The Hall–Kier alpha value is -4.35. The molecular weight excluding hydrogens is 415 g/mol. The van der Waals surface area contributed by atoms with Gasteiger partial charge >= 0.3 is 0 Å². The number of aryl methyl sites for hydroxylation is 1. The van der Waals surface area contributed by atoms with Crippen LogP contribution in [0.25, 0.3) is 0 Å². The molecule has 0 fully saturated rings. The van der Waals surface area contributed by atoms with Gasteiger partial charge in [0.15, 0.2) is 5.69 Å². The fourth-order valence-corrected chi connectivity index (χ4v) is 2.78. The zero-order valence-corrected chi connectivity index (χ0v) is 16.2. The number of benzene rings is 2. The highest BCUT2D eigenvalue weighted by Crippen LogP contribution is 2.32. The lowest BCUT2D eigenvalue weighted by atomic mass is 10.1. The molecule has 3 aromatic rings. The van der Waals surface area contributed by atoms with Crippen LogP contribution in [0, 0.1) is 39.9 Å². The first-order chi connectivity index (χ1) is 14.7. The van der Waals surface area contributed by atoms with Crippen LogP contribution < -0.4 is 10.1 Å². The van der Waals surface area contributed by atoms with Crippen LogP contribution in [0.4, 0.5) is 21.5 Å². The van der Waals surface area contributed by atoms with Crippen molar-refractivity contribution < 1.29 is 28.3 Å². The van der Waals surface area contributed by atoms with Crippen LogP contribution in [-0.4, -0.2) is 20.9 Å². The molecule has 0 aliphatic heterocycles. The molecule has 0 radical (unpaired) electrons. The normalized spacial score (nSPS) is 10.5. The van der Waals surface area contributed by atoms with Gasteiger partial charge in [-0.3, -0.25) is 25.0 Å². The van der Waals surface area contributed by atoms with Crippen LogP contribution in [0.1, 0.15) is 27.4 Å². The van der Waals surface area contributed by atoms with Gasteiger partial charge in [-0.15, -0.1) is 0 Å². The first kappa shape index (κ1) is 21.4. The number of carbonyl (C=O) groups excluding carboxylic acids is 1. The molecule has 1 aromatic heterocycles. The molecular formula is C19H15FN4O7. The molecule has 2 aromatic carbocycles. The first-order valence-electron chi connectivity index (χ1n) is 8.75. The van der Waals surface area contributed by atoms with Crippen molar-refractivity contribution in [1.29, 1.82) is 0 Å². The number of halogens is 1. The van der Waals surface area contributed by atoms with Crippen LogP contribution in [-0.2, 0) is 6.61 Å². The highest BCUT2D eigenvalue weighted by atomic mass is 19.1. The van der Waals surface area contributed by atoms with Crippen LogP contribution in [0.3, 0.4) is 0 Å². The Labute approximate surface area is 173 Å². The van der Waals surface area contributed by atoms with Gasteiger partial charge in [0.25, 0.3) is 17.3 Å². The van der Waals surface area contributed by atoms with Crippen molar-refractivity contribution >= 4 is 23.0 Å². The number of aromatic nitrogens is 1. The number of hydrogen-bond donors (Lipinski definition) is 1. The lowest BCUT2D eigenvalue weighted by molar-refractivity contribution is -0.395. The van der Waals surface area contributed by atoms with E-state index in [0.717, 1.165) is 18.2 Å². The Morgan fingerprint density at radius 2 is 1.81 bits per heavy atom. The SMILES string of the molecule is Cc1onc(C(=O)Nc2cc([N+](=O)[O-])c(C)c([N+](=O)[O-])c2)c1COc1cccc(F)c1. The summed E-state index contributed by atoms with van der Waals surface area (Å²) in [6.45, 7) is 2.61. The molecule has 0 bridgehead atoms. The number of rotatable bonds is 7. The lowest BCUT2D eigenvalue weighted by Crippen LogP contribution is -2.16.